The van der Waals surface area contributed by atoms with Crippen molar-refractivity contribution < 1.29 is 9.18 Å². The number of thioether (sulfide) groups is 1. The Balaban J connectivity index is 1.82. The van der Waals surface area contributed by atoms with Crippen molar-refractivity contribution in [3.63, 3.8) is 0 Å². The molecule has 1 N–H and O–H groups in total. The molecule has 6 nitrogen and oxygen atoms in total. The van der Waals surface area contributed by atoms with E-state index in [1.54, 1.807) is 25.1 Å². The Morgan fingerprint density at radius 2 is 1.93 bits per heavy atom. The molecule has 148 valence electrons. The lowest BCUT2D eigenvalue weighted by molar-refractivity contribution is -0.115. The van der Waals surface area contributed by atoms with Crippen molar-refractivity contribution in [2.24, 2.45) is 0 Å². The highest BCUT2D eigenvalue weighted by Crippen LogP contribution is 2.31. The van der Waals surface area contributed by atoms with Crippen LogP contribution in [-0.4, -0.2) is 30.9 Å². The molecule has 0 aliphatic rings. The van der Waals surface area contributed by atoms with Crippen LogP contribution in [0.1, 0.15) is 37.4 Å². The SMILES string of the molecule is Cc1nc(NC(=O)C(C)Sc2nnc(-c3ccccc3F)n2C(C)C)sc1C. The van der Waals surface area contributed by atoms with Gasteiger partial charge in [-0.3, -0.25) is 9.36 Å². The Hall–Kier alpha value is -2.26. The molecule has 3 rings (SSSR count). The van der Waals surface area contributed by atoms with Crippen LogP contribution >= 0.6 is 23.1 Å². The first-order valence-corrected chi connectivity index (χ1v) is 10.6. The van der Waals surface area contributed by atoms with Gasteiger partial charge < -0.3 is 5.32 Å². The van der Waals surface area contributed by atoms with E-state index in [-0.39, 0.29) is 17.8 Å². The molecule has 0 aliphatic carbocycles. The van der Waals surface area contributed by atoms with Crippen molar-refractivity contribution in [1.82, 2.24) is 19.7 Å². The first-order chi connectivity index (χ1) is 13.3. The van der Waals surface area contributed by atoms with E-state index in [2.05, 4.69) is 20.5 Å². The van der Waals surface area contributed by atoms with Gasteiger partial charge in [0.1, 0.15) is 5.82 Å². The molecule has 0 radical (unpaired) electrons. The number of amides is 1. The fourth-order valence-corrected chi connectivity index (χ4v) is 4.39. The van der Waals surface area contributed by atoms with Crippen LogP contribution in [0.4, 0.5) is 9.52 Å². The smallest absolute Gasteiger partial charge is 0.239 e. The fourth-order valence-electron chi connectivity index (χ4n) is 2.59. The first kappa shape index (κ1) is 20.5. The zero-order valence-corrected chi connectivity index (χ0v) is 18.0. The number of carbonyl (C=O) groups excluding carboxylic acids is 1. The van der Waals surface area contributed by atoms with Crippen LogP contribution in [0, 0.1) is 19.7 Å². The van der Waals surface area contributed by atoms with E-state index >= 15 is 0 Å². The summed E-state index contributed by atoms with van der Waals surface area (Å²) >= 11 is 2.74. The van der Waals surface area contributed by atoms with Crippen molar-refractivity contribution in [2.75, 3.05) is 5.32 Å². The van der Waals surface area contributed by atoms with Gasteiger partial charge in [0, 0.05) is 10.9 Å². The molecule has 1 atom stereocenters. The van der Waals surface area contributed by atoms with Gasteiger partial charge in [-0.25, -0.2) is 9.37 Å². The molecule has 0 bridgehead atoms. The summed E-state index contributed by atoms with van der Waals surface area (Å²) in [5, 5.41) is 12.0. The Morgan fingerprint density at radius 1 is 1.21 bits per heavy atom. The number of benzene rings is 1. The van der Waals surface area contributed by atoms with Crippen LogP contribution in [0.3, 0.4) is 0 Å². The third kappa shape index (κ3) is 4.25. The molecule has 2 aromatic heterocycles. The maximum Gasteiger partial charge on any atom is 0.239 e. The van der Waals surface area contributed by atoms with Crippen LogP contribution < -0.4 is 5.32 Å². The van der Waals surface area contributed by atoms with Crippen LogP contribution in [0.15, 0.2) is 29.4 Å². The van der Waals surface area contributed by atoms with Crippen LogP contribution in [-0.2, 0) is 4.79 Å². The molecule has 28 heavy (non-hydrogen) atoms. The number of rotatable bonds is 6. The maximum atomic E-state index is 14.2. The molecule has 1 amide bonds. The number of hydrogen-bond donors (Lipinski definition) is 1. The third-order valence-corrected chi connectivity index (χ3v) is 6.25. The summed E-state index contributed by atoms with van der Waals surface area (Å²) in [6.45, 7) is 9.63. The number of aromatic nitrogens is 4. The minimum atomic E-state index is -0.417. The first-order valence-electron chi connectivity index (χ1n) is 8.89. The van der Waals surface area contributed by atoms with Gasteiger partial charge >= 0.3 is 0 Å². The number of carbonyl (C=O) groups is 1. The second-order valence-corrected chi connectivity index (χ2v) is 9.17. The summed E-state index contributed by atoms with van der Waals surface area (Å²) in [4.78, 5) is 18.0. The molecular formula is C19H22FN5OS2. The highest BCUT2D eigenvalue weighted by Gasteiger charge is 2.24. The van der Waals surface area contributed by atoms with Crippen molar-refractivity contribution in [1.29, 1.82) is 0 Å². The number of anilines is 1. The molecular weight excluding hydrogens is 397 g/mol. The lowest BCUT2D eigenvalue weighted by Gasteiger charge is -2.16. The average Bonchev–Trinajstić information content (AvgIpc) is 3.18. The number of aryl methyl sites for hydroxylation is 2. The molecule has 0 aliphatic heterocycles. The van der Waals surface area contributed by atoms with Crippen molar-refractivity contribution >= 4 is 34.1 Å². The van der Waals surface area contributed by atoms with Gasteiger partial charge in [0.25, 0.3) is 0 Å². The summed E-state index contributed by atoms with van der Waals surface area (Å²) in [7, 11) is 0. The standard InChI is InChI=1S/C19H22FN5OS2/c1-10(2)25-16(14-8-6-7-9-15(14)20)23-24-19(25)28-13(5)17(26)22-18-21-11(3)12(4)27-18/h6-10,13H,1-5H3,(H,21,22,26). The molecule has 2 heterocycles. The molecule has 0 saturated heterocycles. The molecule has 1 aromatic carbocycles. The Morgan fingerprint density at radius 3 is 2.54 bits per heavy atom. The van der Waals surface area contributed by atoms with Crippen LogP contribution in [0.2, 0.25) is 0 Å². The predicted molar refractivity (Wildman–Crippen MR) is 111 cm³/mol. The zero-order valence-electron chi connectivity index (χ0n) is 16.4. The van der Waals surface area contributed by atoms with E-state index in [1.807, 2.05) is 32.3 Å². The van der Waals surface area contributed by atoms with Gasteiger partial charge in [-0.15, -0.1) is 21.5 Å². The molecule has 0 fully saturated rings. The largest absolute Gasteiger partial charge is 0.301 e. The Bertz CT molecular complexity index is 979. The fraction of sp³-hybridized carbons (Fsp3) is 0.368. The second-order valence-electron chi connectivity index (χ2n) is 6.66. The van der Waals surface area contributed by atoms with E-state index < -0.39 is 5.25 Å². The number of nitrogens with zero attached hydrogens (tertiary/aromatic N) is 4. The van der Waals surface area contributed by atoms with Gasteiger partial charge in [-0.1, -0.05) is 23.9 Å². The van der Waals surface area contributed by atoms with Gasteiger partial charge in [-0.05, 0) is 46.8 Å². The normalized spacial score (nSPS) is 12.4. The van der Waals surface area contributed by atoms with E-state index in [0.717, 1.165) is 10.6 Å². The monoisotopic (exact) mass is 419 g/mol. The van der Waals surface area contributed by atoms with E-state index in [1.165, 1.54) is 29.2 Å². The number of nitrogens with one attached hydrogen (secondary N) is 1. The minimum Gasteiger partial charge on any atom is -0.301 e. The van der Waals surface area contributed by atoms with E-state index in [0.29, 0.717) is 21.7 Å². The molecule has 9 heteroatoms. The van der Waals surface area contributed by atoms with Gasteiger partial charge in [0.15, 0.2) is 16.1 Å². The van der Waals surface area contributed by atoms with Crippen LogP contribution in [0.25, 0.3) is 11.4 Å². The average molecular weight is 420 g/mol. The summed E-state index contributed by atoms with van der Waals surface area (Å²) in [6, 6.07) is 6.48. The summed E-state index contributed by atoms with van der Waals surface area (Å²) in [5.41, 5.74) is 1.30. The summed E-state index contributed by atoms with van der Waals surface area (Å²) < 4.78 is 16.1. The summed E-state index contributed by atoms with van der Waals surface area (Å²) in [6.07, 6.45) is 0. The number of halogens is 1. The molecule has 3 aromatic rings. The topological polar surface area (TPSA) is 72.7 Å². The predicted octanol–water partition coefficient (Wildman–Crippen LogP) is 4.86. The van der Waals surface area contributed by atoms with Crippen LogP contribution in [0.5, 0.6) is 0 Å². The molecule has 1 unspecified atom stereocenters. The maximum absolute atomic E-state index is 14.2. The van der Waals surface area contributed by atoms with Crippen molar-refractivity contribution in [3.8, 4) is 11.4 Å². The zero-order chi connectivity index (χ0) is 20.4. The minimum absolute atomic E-state index is 0.00614. The van der Waals surface area contributed by atoms with Gasteiger partial charge in [0.05, 0.1) is 16.5 Å². The Kier molecular flexibility index (Phi) is 6.14. The third-order valence-electron chi connectivity index (χ3n) is 4.21. The Labute approximate surface area is 171 Å². The molecule has 0 saturated carbocycles. The number of hydrogen-bond acceptors (Lipinski definition) is 6. The lowest BCUT2D eigenvalue weighted by Crippen LogP contribution is -2.23. The van der Waals surface area contributed by atoms with Crippen molar-refractivity contribution in [3.05, 3.63) is 40.7 Å². The van der Waals surface area contributed by atoms with Gasteiger partial charge in [0.2, 0.25) is 5.91 Å². The lowest BCUT2D eigenvalue weighted by atomic mass is 10.2. The second kappa shape index (κ2) is 8.40. The number of thiazole rings is 1. The van der Waals surface area contributed by atoms with Gasteiger partial charge in [-0.2, -0.15) is 0 Å². The summed E-state index contributed by atoms with van der Waals surface area (Å²) in [5.74, 6) is -0.0625. The quantitative estimate of drug-likeness (QED) is 0.578. The van der Waals surface area contributed by atoms with E-state index in [4.69, 9.17) is 0 Å². The highest BCUT2D eigenvalue weighted by atomic mass is 32.2. The highest BCUT2D eigenvalue weighted by molar-refractivity contribution is 8.00. The molecule has 0 spiro atoms. The van der Waals surface area contributed by atoms with Crippen molar-refractivity contribution in [2.45, 2.75) is 51.1 Å². The van der Waals surface area contributed by atoms with E-state index in [9.17, 15) is 9.18 Å².